The maximum absolute atomic E-state index is 12.2. The van der Waals surface area contributed by atoms with Crippen molar-refractivity contribution in [2.75, 3.05) is 5.32 Å². The van der Waals surface area contributed by atoms with Gasteiger partial charge in [-0.05, 0) is 50.8 Å². The first kappa shape index (κ1) is 18.3. The smallest absolute Gasteiger partial charge is 0.319 e. The van der Waals surface area contributed by atoms with Crippen LogP contribution in [0.5, 0.6) is 0 Å². The predicted molar refractivity (Wildman–Crippen MR) is 95.5 cm³/mol. The zero-order valence-corrected chi connectivity index (χ0v) is 14.5. The molecule has 0 spiro atoms. The van der Waals surface area contributed by atoms with Gasteiger partial charge in [-0.3, -0.25) is 4.79 Å². The summed E-state index contributed by atoms with van der Waals surface area (Å²) in [6, 6.07) is 7.48. The van der Waals surface area contributed by atoms with Crippen LogP contribution >= 0.6 is 0 Å². The summed E-state index contributed by atoms with van der Waals surface area (Å²) in [6.07, 6.45) is 3.74. The van der Waals surface area contributed by atoms with Gasteiger partial charge in [0.15, 0.2) is 0 Å². The Hall–Kier alpha value is -2.08. The van der Waals surface area contributed by atoms with Gasteiger partial charge >= 0.3 is 6.03 Å². The van der Waals surface area contributed by atoms with E-state index in [0.717, 1.165) is 36.9 Å². The lowest BCUT2D eigenvalue weighted by molar-refractivity contribution is -0.126. The number of carbonyl (C=O) groups is 2. The average Bonchev–Trinajstić information content (AvgIpc) is 2.53. The lowest BCUT2D eigenvalue weighted by Crippen LogP contribution is -2.37. The van der Waals surface area contributed by atoms with Gasteiger partial charge in [0, 0.05) is 30.2 Å². The third-order valence-electron chi connectivity index (χ3n) is 4.18. The molecule has 1 aliphatic rings. The van der Waals surface area contributed by atoms with Crippen molar-refractivity contribution in [1.82, 2.24) is 10.6 Å². The Balaban J connectivity index is 1.79. The third kappa shape index (κ3) is 5.85. The van der Waals surface area contributed by atoms with E-state index in [2.05, 4.69) is 16.0 Å². The molecule has 0 aliphatic heterocycles. The van der Waals surface area contributed by atoms with E-state index in [1.54, 1.807) is 0 Å². The molecule has 2 rings (SSSR count). The van der Waals surface area contributed by atoms with Crippen molar-refractivity contribution in [3.05, 3.63) is 29.8 Å². The Morgan fingerprint density at radius 2 is 1.92 bits per heavy atom. The molecule has 5 N–H and O–H groups in total. The summed E-state index contributed by atoms with van der Waals surface area (Å²) >= 11 is 0. The van der Waals surface area contributed by atoms with Gasteiger partial charge in [-0.2, -0.15) is 0 Å². The number of hydrogen-bond acceptors (Lipinski definition) is 3. The normalized spacial score (nSPS) is 20.5. The number of rotatable bonds is 5. The topological polar surface area (TPSA) is 96.2 Å². The molecule has 132 valence electrons. The summed E-state index contributed by atoms with van der Waals surface area (Å²) in [5, 5.41) is 8.52. The highest BCUT2D eigenvalue weighted by Crippen LogP contribution is 2.23. The molecule has 0 radical (unpaired) electrons. The maximum Gasteiger partial charge on any atom is 0.319 e. The number of carbonyl (C=O) groups excluding carboxylic acids is 2. The number of nitrogens with two attached hydrogens (primary N) is 1. The van der Waals surface area contributed by atoms with Crippen molar-refractivity contribution >= 4 is 17.6 Å². The molecule has 1 fully saturated rings. The first-order valence-corrected chi connectivity index (χ1v) is 8.64. The van der Waals surface area contributed by atoms with Crippen molar-refractivity contribution in [3.63, 3.8) is 0 Å². The number of urea groups is 1. The van der Waals surface area contributed by atoms with Crippen LogP contribution in [0, 0.1) is 5.92 Å². The molecule has 1 saturated carbocycles. The van der Waals surface area contributed by atoms with Gasteiger partial charge < -0.3 is 21.7 Å². The highest BCUT2D eigenvalue weighted by atomic mass is 16.2. The summed E-state index contributed by atoms with van der Waals surface area (Å²) in [7, 11) is 0. The van der Waals surface area contributed by atoms with Gasteiger partial charge in [0.2, 0.25) is 5.91 Å². The standard InChI is InChI=1S/C18H28N4O2/c1-12(2)21-18(24)22-16-8-6-13(7-9-16)11-20-17(23)14-4-3-5-15(19)10-14/h6-9,12,14-15H,3-5,10-11,19H2,1-2H3,(H,20,23)(H2,21,22,24). The minimum absolute atomic E-state index is 0.0365. The summed E-state index contributed by atoms with van der Waals surface area (Å²) in [5.74, 6) is 0.123. The molecule has 0 saturated heterocycles. The summed E-state index contributed by atoms with van der Waals surface area (Å²) in [4.78, 5) is 23.8. The van der Waals surface area contributed by atoms with Crippen molar-refractivity contribution < 1.29 is 9.59 Å². The van der Waals surface area contributed by atoms with Crippen LogP contribution in [-0.4, -0.2) is 24.0 Å². The summed E-state index contributed by atoms with van der Waals surface area (Å²) in [5.41, 5.74) is 7.66. The highest BCUT2D eigenvalue weighted by Gasteiger charge is 2.24. The zero-order chi connectivity index (χ0) is 17.5. The molecule has 0 bridgehead atoms. The number of hydrogen-bond donors (Lipinski definition) is 4. The van der Waals surface area contributed by atoms with Crippen LogP contribution in [0.1, 0.15) is 45.1 Å². The quantitative estimate of drug-likeness (QED) is 0.666. The van der Waals surface area contributed by atoms with E-state index >= 15 is 0 Å². The molecule has 3 amide bonds. The Morgan fingerprint density at radius 1 is 1.21 bits per heavy atom. The zero-order valence-electron chi connectivity index (χ0n) is 14.5. The van der Waals surface area contributed by atoms with Gasteiger partial charge in [0.05, 0.1) is 0 Å². The second kappa shape index (κ2) is 8.68. The van der Waals surface area contributed by atoms with Crippen LogP contribution in [-0.2, 0) is 11.3 Å². The Morgan fingerprint density at radius 3 is 2.54 bits per heavy atom. The average molecular weight is 332 g/mol. The third-order valence-corrected chi connectivity index (χ3v) is 4.18. The van der Waals surface area contributed by atoms with Crippen LogP contribution in [0.15, 0.2) is 24.3 Å². The maximum atomic E-state index is 12.2. The summed E-state index contributed by atoms with van der Waals surface area (Å²) < 4.78 is 0. The largest absolute Gasteiger partial charge is 0.352 e. The van der Waals surface area contributed by atoms with E-state index < -0.39 is 0 Å². The van der Waals surface area contributed by atoms with Gasteiger partial charge in [-0.15, -0.1) is 0 Å². The fraction of sp³-hybridized carbons (Fsp3) is 0.556. The van der Waals surface area contributed by atoms with Crippen LogP contribution < -0.4 is 21.7 Å². The Kier molecular flexibility index (Phi) is 6.61. The van der Waals surface area contributed by atoms with E-state index in [-0.39, 0.29) is 29.9 Å². The molecular formula is C18H28N4O2. The second-order valence-corrected chi connectivity index (χ2v) is 6.79. The fourth-order valence-electron chi connectivity index (χ4n) is 2.93. The van der Waals surface area contributed by atoms with Crippen molar-refractivity contribution in [2.45, 2.75) is 58.2 Å². The molecule has 2 unspecified atom stereocenters. The van der Waals surface area contributed by atoms with Crippen molar-refractivity contribution in [3.8, 4) is 0 Å². The highest BCUT2D eigenvalue weighted by molar-refractivity contribution is 5.89. The van der Waals surface area contributed by atoms with Gasteiger partial charge in [-0.1, -0.05) is 18.6 Å². The van der Waals surface area contributed by atoms with Gasteiger partial charge in [0.1, 0.15) is 0 Å². The van der Waals surface area contributed by atoms with Crippen molar-refractivity contribution in [1.29, 1.82) is 0 Å². The molecule has 0 aromatic heterocycles. The molecule has 1 aromatic rings. The first-order valence-electron chi connectivity index (χ1n) is 8.64. The van der Waals surface area contributed by atoms with E-state index in [1.165, 1.54) is 0 Å². The lowest BCUT2D eigenvalue weighted by atomic mass is 9.85. The van der Waals surface area contributed by atoms with E-state index in [0.29, 0.717) is 6.54 Å². The Labute approximate surface area is 143 Å². The SMILES string of the molecule is CC(C)NC(=O)Nc1ccc(CNC(=O)C2CCCC(N)C2)cc1. The van der Waals surface area contributed by atoms with Gasteiger partial charge in [0.25, 0.3) is 0 Å². The second-order valence-electron chi connectivity index (χ2n) is 6.79. The van der Waals surface area contributed by atoms with Gasteiger partial charge in [-0.25, -0.2) is 4.79 Å². The van der Waals surface area contributed by atoms with E-state index in [1.807, 2.05) is 38.1 Å². The van der Waals surface area contributed by atoms with Crippen LogP contribution in [0.4, 0.5) is 10.5 Å². The van der Waals surface area contributed by atoms with Crippen LogP contribution in [0.25, 0.3) is 0 Å². The number of nitrogens with one attached hydrogen (secondary N) is 3. The molecule has 6 nitrogen and oxygen atoms in total. The van der Waals surface area contributed by atoms with Crippen LogP contribution in [0.2, 0.25) is 0 Å². The molecule has 1 aromatic carbocycles. The molecule has 6 heteroatoms. The minimum Gasteiger partial charge on any atom is -0.352 e. The molecule has 0 heterocycles. The summed E-state index contributed by atoms with van der Waals surface area (Å²) in [6.45, 7) is 4.30. The van der Waals surface area contributed by atoms with E-state index in [9.17, 15) is 9.59 Å². The molecule has 2 atom stereocenters. The number of benzene rings is 1. The molecule has 1 aliphatic carbocycles. The monoisotopic (exact) mass is 332 g/mol. The predicted octanol–water partition coefficient (Wildman–Crippen LogP) is 2.35. The molecular weight excluding hydrogens is 304 g/mol. The number of amides is 3. The van der Waals surface area contributed by atoms with Crippen molar-refractivity contribution in [2.24, 2.45) is 11.7 Å². The lowest BCUT2D eigenvalue weighted by Gasteiger charge is -2.25. The first-order chi connectivity index (χ1) is 11.4. The molecule has 24 heavy (non-hydrogen) atoms. The fourth-order valence-corrected chi connectivity index (χ4v) is 2.93. The Bertz CT molecular complexity index is 557. The van der Waals surface area contributed by atoms with E-state index in [4.69, 9.17) is 5.73 Å². The van der Waals surface area contributed by atoms with Crippen LogP contribution in [0.3, 0.4) is 0 Å². The number of anilines is 1. The minimum atomic E-state index is -0.223.